The second-order valence-electron chi connectivity index (χ2n) is 6.00. The first-order valence-corrected chi connectivity index (χ1v) is 7.62. The third kappa shape index (κ3) is 3.37. The van der Waals surface area contributed by atoms with Crippen LogP contribution < -0.4 is 4.90 Å². The predicted molar refractivity (Wildman–Crippen MR) is 81.1 cm³/mol. The van der Waals surface area contributed by atoms with Crippen molar-refractivity contribution in [1.29, 1.82) is 0 Å². The summed E-state index contributed by atoms with van der Waals surface area (Å²) in [7, 11) is 0. The topological polar surface area (TPSA) is 59.7 Å². The van der Waals surface area contributed by atoms with Gasteiger partial charge in [0.25, 0.3) is 0 Å². The summed E-state index contributed by atoms with van der Waals surface area (Å²) in [5.41, 5.74) is 0. The molecule has 0 saturated carbocycles. The Morgan fingerprint density at radius 2 is 2.29 bits per heavy atom. The van der Waals surface area contributed by atoms with Crippen molar-refractivity contribution >= 4 is 5.82 Å². The molecule has 6 heteroatoms. The second-order valence-corrected chi connectivity index (χ2v) is 6.00. The molecule has 1 unspecified atom stereocenters. The van der Waals surface area contributed by atoms with Gasteiger partial charge in [-0.1, -0.05) is 13.8 Å². The van der Waals surface area contributed by atoms with Crippen LogP contribution in [0.15, 0.2) is 24.9 Å². The highest BCUT2D eigenvalue weighted by Gasteiger charge is 2.22. The molecular weight excluding hydrogens is 264 g/mol. The van der Waals surface area contributed by atoms with Gasteiger partial charge in [-0.2, -0.15) is 5.10 Å². The van der Waals surface area contributed by atoms with E-state index in [1.165, 1.54) is 12.8 Å². The fraction of sp³-hybridized carbons (Fsp3) is 0.600. The van der Waals surface area contributed by atoms with Crippen LogP contribution in [0.2, 0.25) is 0 Å². The third-order valence-electron chi connectivity index (χ3n) is 3.93. The normalized spacial score (nSPS) is 19.2. The first-order valence-electron chi connectivity index (χ1n) is 7.62. The van der Waals surface area contributed by atoms with Gasteiger partial charge in [-0.15, -0.1) is 0 Å². The summed E-state index contributed by atoms with van der Waals surface area (Å²) < 4.78 is 1.92. The molecule has 1 aliphatic heterocycles. The molecule has 1 saturated heterocycles. The lowest BCUT2D eigenvalue weighted by atomic mass is 9.98. The minimum Gasteiger partial charge on any atom is -0.356 e. The van der Waals surface area contributed by atoms with Crippen molar-refractivity contribution in [2.24, 2.45) is 5.92 Å². The lowest BCUT2D eigenvalue weighted by Gasteiger charge is -2.33. The minimum atomic E-state index is 0.362. The lowest BCUT2D eigenvalue weighted by Crippen LogP contribution is -2.37. The van der Waals surface area contributed by atoms with E-state index < -0.39 is 0 Å². The molecular formula is C15H22N6. The Hall–Kier alpha value is -1.98. The van der Waals surface area contributed by atoms with Crippen LogP contribution in [-0.4, -0.2) is 37.8 Å². The standard InChI is InChI=1S/C15H22N6/c1-12(2)15-17-6-5-14(19-15)20-7-3-4-13(8-20)9-21-11-16-10-18-21/h5-6,10-13H,3-4,7-9H2,1-2H3. The molecule has 0 aromatic carbocycles. The number of hydrogen-bond donors (Lipinski definition) is 0. The fourth-order valence-electron chi connectivity index (χ4n) is 2.83. The molecule has 1 aliphatic rings. The SMILES string of the molecule is CC(C)c1nccc(N2CCCC(Cn3cncn3)C2)n1. The van der Waals surface area contributed by atoms with Crippen molar-refractivity contribution in [1.82, 2.24) is 24.7 Å². The summed E-state index contributed by atoms with van der Waals surface area (Å²) in [6.45, 7) is 7.28. The molecule has 0 amide bonds. The van der Waals surface area contributed by atoms with Crippen molar-refractivity contribution in [2.75, 3.05) is 18.0 Å². The van der Waals surface area contributed by atoms with E-state index in [4.69, 9.17) is 4.98 Å². The van der Waals surface area contributed by atoms with Gasteiger partial charge in [-0.3, -0.25) is 4.68 Å². The van der Waals surface area contributed by atoms with Crippen LogP contribution in [0.1, 0.15) is 38.4 Å². The zero-order chi connectivity index (χ0) is 14.7. The number of rotatable bonds is 4. The summed E-state index contributed by atoms with van der Waals surface area (Å²) in [5.74, 6) is 2.93. The average Bonchev–Trinajstić information content (AvgIpc) is 3.00. The molecule has 3 heterocycles. The van der Waals surface area contributed by atoms with E-state index in [2.05, 4.69) is 33.8 Å². The average molecular weight is 286 g/mol. The maximum absolute atomic E-state index is 4.71. The largest absolute Gasteiger partial charge is 0.356 e. The Morgan fingerprint density at radius 3 is 3.05 bits per heavy atom. The fourth-order valence-corrected chi connectivity index (χ4v) is 2.83. The van der Waals surface area contributed by atoms with E-state index in [1.54, 1.807) is 12.7 Å². The van der Waals surface area contributed by atoms with Crippen molar-refractivity contribution < 1.29 is 0 Å². The zero-order valence-corrected chi connectivity index (χ0v) is 12.7. The summed E-state index contributed by atoms with van der Waals surface area (Å²) >= 11 is 0. The van der Waals surface area contributed by atoms with Gasteiger partial charge < -0.3 is 4.90 Å². The number of anilines is 1. The van der Waals surface area contributed by atoms with Crippen LogP contribution in [0.25, 0.3) is 0 Å². The minimum absolute atomic E-state index is 0.362. The predicted octanol–water partition coefficient (Wildman–Crippen LogP) is 2.11. The molecule has 1 fully saturated rings. The van der Waals surface area contributed by atoms with Gasteiger partial charge in [0.05, 0.1) is 0 Å². The van der Waals surface area contributed by atoms with Crippen molar-refractivity contribution in [2.45, 2.75) is 39.2 Å². The molecule has 21 heavy (non-hydrogen) atoms. The molecule has 3 rings (SSSR count). The summed E-state index contributed by atoms with van der Waals surface area (Å²) in [6.07, 6.45) is 7.69. The molecule has 0 bridgehead atoms. The molecule has 2 aromatic heterocycles. The Balaban J connectivity index is 1.69. The number of nitrogens with zero attached hydrogens (tertiary/aromatic N) is 6. The smallest absolute Gasteiger partial charge is 0.137 e. The highest BCUT2D eigenvalue weighted by molar-refractivity contribution is 5.38. The Kier molecular flexibility index (Phi) is 4.13. The van der Waals surface area contributed by atoms with Crippen LogP contribution in [0, 0.1) is 5.92 Å². The number of aromatic nitrogens is 5. The van der Waals surface area contributed by atoms with Gasteiger partial charge in [-0.25, -0.2) is 15.0 Å². The highest BCUT2D eigenvalue weighted by atomic mass is 15.3. The van der Waals surface area contributed by atoms with Crippen LogP contribution in [0.4, 0.5) is 5.82 Å². The first kappa shape index (κ1) is 14.0. The molecule has 1 atom stereocenters. The van der Waals surface area contributed by atoms with E-state index in [1.807, 2.05) is 16.9 Å². The van der Waals surface area contributed by atoms with E-state index in [0.29, 0.717) is 11.8 Å². The second kappa shape index (κ2) is 6.20. The van der Waals surface area contributed by atoms with Gasteiger partial charge in [0, 0.05) is 31.7 Å². The maximum atomic E-state index is 4.71. The monoisotopic (exact) mass is 286 g/mol. The Labute approximate surface area is 125 Å². The summed E-state index contributed by atoms with van der Waals surface area (Å²) in [6, 6.07) is 2.02. The third-order valence-corrected chi connectivity index (χ3v) is 3.93. The van der Waals surface area contributed by atoms with E-state index in [9.17, 15) is 0 Å². The van der Waals surface area contributed by atoms with E-state index >= 15 is 0 Å². The van der Waals surface area contributed by atoms with Crippen LogP contribution in [-0.2, 0) is 6.54 Å². The Bertz CT molecular complexity index is 565. The maximum Gasteiger partial charge on any atom is 0.137 e. The molecule has 0 radical (unpaired) electrons. The quantitative estimate of drug-likeness (QED) is 0.861. The van der Waals surface area contributed by atoms with Crippen LogP contribution in [0.3, 0.4) is 0 Å². The van der Waals surface area contributed by atoms with E-state index in [-0.39, 0.29) is 0 Å². The Morgan fingerprint density at radius 1 is 1.38 bits per heavy atom. The molecule has 6 nitrogen and oxygen atoms in total. The lowest BCUT2D eigenvalue weighted by molar-refractivity contribution is 0.350. The summed E-state index contributed by atoms with van der Waals surface area (Å²) in [5, 5.41) is 4.21. The van der Waals surface area contributed by atoms with Gasteiger partial charge >= 0.3 is 0 Å². The van der Waals surface area contributed by atoms with E-state index in [0.717, 1.165) is 31.3 Å². The summed E-state index contributed by atoms with van der Waals surface area (Å²) in [4.78, 5) is 15.4. The molecule has 0 N–H and O–H groups in total. The van der Waals surface area contributed by atoms with Crippen LogP contribution in [0.5, 0.6) is 0 Å². The first-order chi connectivity index (χ1) is 10.2. The molecule has 112 valence electrons. The van der Waals surface area contributed by atoms with Gasteiger partial charge in [0.15, 0.2) is 0 Å². The van der Waals surface area contributed by atoms with Crippen LogP contribution >= 0.6 is 0 Å². The molecule has 0 spiro atoms. The van der Waals surface area contributed by atoms with Gasteiger partial charge in [-0.05, 0) is 24.8 Å². The van der Waals surface area contributed by atoms with Gasteiger partial charge in [0.2, 0.25) is 0 Å². The van der Waals surface area contributed by atoms with Crippen molar-refractivity contribution in [3.8, 4) is 0 Å². The molecule has 0 aliphatic carbocycles. The molecule has 2 aromatic rings. The van der Waals surface area contributed by atoms with Crippen molar-refractivity contribution in [3.63, 3.8) is 0 Å². The van der Waals surface area contributed by atoms with Gasteiger partial charge in [0.1, 0.15) is 24.3 Å². The zero-order valence-electron chi connectivity index (χ0n) is 12.7. The highest BCUT2D eigenvalue weighted by Crippen LogP contribution is 2.23. The number of hydrogen-bond acceptors (Lipinski definition) is 5. The van der Waals surface area contributed by atoms with Crippen molar-refractivity contribution in [3.05, 3.63) is 30.7 Å². The number of piperidine rings is 1.